The molecule has 2 aromatic heterocycles. The highest BCUT2D eigenvalue weighted by Crippen LogP contribution is 2.35. The van der Waals surface area contributed by atoms with Crippen LogP contribution in [0.1, 0.15) is 16.3 Å². The number of para-hydroxylation sites is 2. The predicted octanol–water partition coefficient (Wildman–Crippen LogP) is 3.11. The molecule has 8 heteroatoms. The summed E-state index contributed by atoms with van der Waals surface area (Å²) in [4.78, 5) is 28.8. The first-order valence-electron chi connectivity index (χ1n) is 10.2. The van der Waals surface area contributed by atoms with E-state index in [0.717, 1.165) is 34.9 Å². The maximum absolute atomic E-state index is 13.0. The molecule has 0 spiro atoms. The average Bonchev–Trinajstić information content (AvgIpc) is 3.05. The van der Waals surface area contributed by atoms with Gasteiger partial charge in [0.2, 0.25) is 6.10 Å². The van der Waals surface area contributed by atoms with E-state index in [1.165, 1.54) is 10.4 Å². The van der Waals surface area contributed by atoms with E-state index < -0.39 is 6.10 Å². The zero-order chi connectivity index (χ0) is 20.8. The molecule has 1 aromatic carbocycles. The van der Waals surface area contributed by atoms with Gasteiger partial charge in [-0.25, -0.2) is 9.97 Å². The Morgan fingerprint density at radius 1 is 1.07 bits per heavy atom. The van der Waals surface area contributed by atoms with E-state index in [0.29, 0.717) is 24.6 Å². The Morgan fingerprint density at radius 2 is 1.80 bits per heavy atom. The fourth-order valence-electron chi connectivity index (χ4n) is 4.04. The van der Waals surface area contributed by atoms with Gasteiger partial charge < -0.3 is 19.3 Å². The molecule has 0 aliphatic carbocycles. The van der Waals surface area contributed by atoms with Crippen LogP contribution in [0.25, 0.3) is 10.2 Å². The van der Waals surface area contributed by atoms with Crippen molar-refractivity contribution in [1.29, 1.82) is 0 Å². The fraction of sp³-hybridized carbons (Fsp3) is 0.409. The standard InChI is InChI=1S/C22H24N4O3S/c1-13-14(2)30-21-19(13)20(23-15(3)24-21)25-8-10-26(11-9-25)22(27)18-12-28-16-6-4-5-7-17(16)29-18/h4-7,18H,8-12H2,1-3H3/t18-/m1/s1. The van der Waals surface area contributed by atoms with Gasteiger partial charge in [0.05, 0.1) is 5.39 Å². The molecular weight excluding hydrogens is 400 g/mol. The van der Waals surface area contributed by atoms with Crippen LogP contribution in [-0.4, -0.2) is 59.7 Å². The Bertz CT molecular complexity index is 1120. The Kier molecular flexibility index (Phi) is 4.73. The first-order chi connectivity index (χ1) is 14.5. The molecule has 0 bridgehead atoms. The third kappa shape index (κ3) is 3.25. The van der Waals surface area contributed by atoms with Crippen LogP contribution in [0.3, 0.4) is 0 Å². The molecule has 2 aliphatic heterocycles. The van der Waals surface area contributed by atoms with Gasteiger partial charge in [0.25, 0.3) is 5.91 Å². The van der Waals surface area contributed by atoms with Crippen LogP contribution in [-0.2, 0) is 4.79 Å². The van der Waals surface area contributed by atoms with E-state index in [1.54, 1.807) is 11.3 Å². The van der Waals surface area contributed by atoms with Crippen LogP contribution < -0.4 is 14.4 Å². The van der Waals surface area contributed by atoms with Crippen molar-refractivity contribution in [2.24, 2.45) is 0 Å². The lowest BCUT2D eigenvalue weighted by Gasteiger charge is -2.37. The summed E-state index contributed by atoms with van der Waals surface area (Å²) in [5.41, 5.74) is 1.25. The van der Waals surface area contributed by atoms with Gasteiger partial charge in [-0.2, -0.15) is 0 Å². The van der Waals surface area contributed by atoms with Gasteiger partial charge >= 0.3 is 0 Å². The quantitative estimate of drug-likeness (QED) is 0.630. The van der Waals surface area contributed by atoms with Crippen molar-refractivity contribution >= 4 is 33.3 Å². The van der Waals surface area contributed by atoms with Gasteiger partial charge in [0.1, 0.15) is 23.1 Å². The Labute approximate surface area is 179 Å². The maximum Gasteiger partial charge on any atom is 0.267 e. The van der Waals surface area contributed by atoms with Gasteiger partial charge in [-0.15, -0.1) is 11.3 Å². The molecular formula is C22H24N4O3S. The number of nitrogens with zero attached hydrogens (tertiary/aromatic N) is 4. The molecule has 1 fully saturated rings. The van der Waals surface area contributed by atoms with Crippen molar-refractivity contribution < 1.29 is 14.3 Å². The summed E-state index contributed by atoms with van der Waals surface area (Å²) in [7, 11) is 0. The Hall–Kier alpha value is -2.87. The number of benzene rings is 1. The molecule has 30 heavy (non-hydrogen) atoms. The SMILES string of the molecule is Cc1nc(N2CCN(C(=O)[C@H]3COc4ccccc4O3)CC2)c2c(C)c(C)sc2n1. The van der Waals surface area contributed by atoms with Crippen LogP contribution in [0.5, 0.6) is 11.5 Å². The summed E-state index contributed by atoms with van der Waals surface area (Å²) < 4.78 is 11.6. The van der Waals surface area contributed by atoms with Crippen LogP contribution in [0, 0.1) is 20.8 Å². The fourth-order valence-corrected chi connectivity index (χ4v) is 5.11. The molecule has 1 saturated heterocycles. The summed E-state index contributed by atoms with van der Waals surface area (Å²) in [5.74, 6) is 3.07. The molecule has 156 valence electrons. The molecule has 0 N–H and O–H groups in total. The third-order valence-electron chi connectivity index (χ3n) is 5.80. The molecule has 4 heterocycles. The summed E-state index contributed by atoms with van der Waals surface area (Å²) in [5, 5.41) is 1.14. The molecule has 3 aromatic rings. The molecule has 5 rings (SSSR count). The molecule has 1 atom stereocenters. The molecule has 0 unspecified atom stereocenters. The number of carbonyl (C=O) groups excluding carboxylic acids is 1. The highest BCUT2D eigenvalue weighted by molar-refractivity contribution is 7.18. The van der Waals surface area contributed by atoms with E-state index in [9.17, 15) is 4.79 Å². The lowest BCUT2D eigenvalue weighted by molar-refractivity contribution is -0.141. The Balaban J connectivity index is 1.30. The van der Waals surface area contributed by atoms with Crippen molar-refractivity contribution in [3.8, 4) is 11.5 Å². The van der Waals surface area contributed by atoms with E-state index in [1.807, 2.05) is 36.1 Å². The van der Waals surface area contributed by atoms with Crippen LogP contribution in [0.15, 0.2) is 24.3 Å². The molecule has 1 amide bonds. The topological polar surface area (TPSA) is 67.8 Å². The van der Waals surface area contributed by atoms with Crippen molar-refractivity contribution in [2.75, 3.05) is 37.7 Å². The minimum atomic E-state index is -0.596. The minimum absolute atomic E-state index is 0.0178. The number of aromatic nitrogens is 2. The number of amides is 1. The summed E-state index contributed by atoms with van der Waals surface area (Å²) in [6.45, 7) is 9.17. The summed E-state index contributed by atoms with van der Waals surface area (Å²) >= 11 is 1.72. The van der Waals surface area contributed by atoms with Crippen LogP contribution in [0.4, 0.5) is 5.82 Å². The highest BCUT2D eigenvalue weighted by atomic mass is 32.1. The molecule has 7 nitrogen and oxygen atoms in total. The highest BCUT2D eigenvalue weighted by Gasteiger charge is 2.33. The lowest BCUT2D eigenvalue weighted by Crippen LogP contribution is -2.54. The summed E-state index contributed by atoms with van der Waals surface area (Å²) in [6.07, 6.45) is -0.596. The normalized spacial score (nSPS) is 18.7. The van der Waals surface area contributed by atoms with Gasteiger partial charge in [-0.1, -0.05) is 12.1 Å². The summed E-state index contributed by atoms with van der Waals surface area (Å²) in [6, 6.07) is 7.46. The number of piperazine rings is 1. The van der Waals surface area contributed by atoms with Gasteiger partial charge in [-0.05, 0) is 38.5 Å². The number of hydrogen-bond acceptors (Lipinski definition) is 7. The smallest absolute Gasteiger partial charge is 0.267 e. The molecule has 0 radical (unpaired) electrons. The monoisotopic (exact) mass is 424 g/mol. The number of carbonyl (C=O) groups is 1. The van der Waals surface area contributed by atoms with Gasteiger partial charge in [0, 0.05) is 31.1 Å². The first kappa shape index (κ1) is 19.1. The zero-order valence-corrected chi connectivity index (χ0v) is 18.2. The lowest BCUT2D eigenvalue weighted by atomic mass is 10.2. The van der Waals surface area contributed by atoms with Gasteiger partial charge in [-0.3, -0.25) is 4.79 Å². The maximum atomic E-state index is 13.0. The Morgan fingerprint density at radius 3 is 2.57 bits per heavy atom. The molecule has 2 aliphatic rings. The number of hydrogen-bond donors (Lipinski definition) is 0. The number of thiophene rings is 1. The number of aryl methyl sites for hydroxylation is 3. The number of fused-ring (bicyclic) bond motifs is 2. The molecule has 0 saturated carbocycles. The minimum Gasteiger partial charge on any atom is -0.485 e. The van der Waals surface area contributed by atoms with Crippen molar-refractivity contribution in [3.05, 3.63) is 40.5 Å². The number of anilines is 1. The van der Waals surface area contributed by atoms with Crippen molar-refractivity contribution in [2.45, 2.75) is 26.9 Å². The van der Waals surface area contributed by atoms with Gasteiger partial charge in [0.15, 0.2) is 11.5 Å². The first-order valence-corrected chi connectivity index (χ1v) is 11.0. The van der Waals surface area contributed by atoms with Crippen LogP contribution in [0.2, 0.25) is 0 Å². The van der Waals surface area contributed by atoms with E-state index in [2.05, 4.69) is 23.7 Å². The van der Waals surface area contributed by atoms with E-state index in [-0.39, 0.29) is 12.5 Å². The number of rotatable bonds is 2. The van der Waals surface area contributed by atoms with Crippen LogP contribution >= 0.6 is 11.3 Å². The number of ether oxygens (including phenoxy) is 2. The predicted molar refractivity (Wildman–Crippen MR) is 117 cm³/mol. The third-order valence-corrected chi connectivity index (χ3v) is 6.90. The second kappa shape index (κ2) is 7.43. The zero-order valence-electron chi connectivity index (χ0n) is 17.3. The largest absolute Gasteiger partial charge is 0.485 e. The second-order valence-corrected chi connectivity index (χ2v) is 8.94. The van der Waals surface area contributed by atoms with E-state index in [4.69, 9.17) is 14.5 Å². The van der Waals surface area contributed by atoms with Crippen molar-refractivity contribution in [1.82, 2.24) is 14.9 Å². The second-order valence-electron chi connectivity index (χ2n) is 7.73. The van der Waals surface area contributed by atoms with E-state index >= 15 is 0 Å². The van der Waals surface area contributed by atoms with Crippen molar-refractivity contribution in [3.63, 3.8) is 0 Å². The average molecular weight is 425 g/mol.